The lowest BCUT2D eigenvalue weighted by Gasteiger charge is -2.38. The van der Waals surface area contributed by atoms with Crippen molar-refractivity contribution >= 4 is 33.3 Å². The van der Waals surface area contributed by atoms with Crippen LogP contribution in [-0.2, 0) is 30.5 Å². The van der Waals surface area contributed by atoms with Gasteiger partial charge in [0.1, 0.15) is 16.8 Å². The number of hydrogen-bond acceptors (Lipinski definition) is 8. The maximum Gasteiger partial charge on any atom is 0.451 e. The fourth-order valence-electron chi connectivity index (χ4n) is 4.39. The molecule has 5 heterocycles. The zero-order chi connectivity index (χ0) is 24.7. The Hall–Kier alpha value is -2.96. The Bertz CT molecular complexity index is 1240. The first kappa shape index (κ1) is 23.8. The molecule has 9 nitrogen and oxygen atoms in total. The van der Waals surface area contributed by atoms with Crippen LogP contribution in [0.1, 0.15) is 49.6 Å². The van der Waals surface area contributed by atoms with Crippen molar-refractivity contribution in [2.24, 2.45) is 0 Å². The monoisotopic (exact) mass is 509 g/mol. The molecule has 5 rings (SSSR count). The van der Waals surface area contributed by atoms with Crippen LogP contribution in [0.5, 0.6) is 6.01 Å². The van der Waals surface area contributed by atoms with E-state index in [1.54, 1.807) is 16.2 Å². The molecule has 2 aliphatic rings. The van der Waals surface area contributed by atoms with Crippen molar-refractivity contribution in [2.75, 3.05) is 24.5 Å². The first-order valence-corrected chi connectivity index (χ1v) is 12.6. The highest BCUT2D eigenvalue weighted by atomic mass is 32.1. The van der Waals surface area contributed by atoms with Gasteiger partial charge in [0.2, 0.25) is 11.7 Å². The molecular formula is C22H26F3N7O2S. The van der Waals surface area contributed by atoms with Gasteiger partial charge in [-0.15, -0.1) is 21.5 Å². The van der Waals surface area contributed by atoms with Crippen LogP contribution < -0.4 is 9.64 Å². The summed E-state index contributed by atoms with van der Waals surface area (Å²) in [4.78, 5) is 26.9. The van der Waals surface area contributed by atoms with Gasteiger partial charge in [-0.1, -0.05) is 20.3 Å². The maximum atomic E-state index is 13.2. The number of rotatable bonds is 7. The predicted octanol–water partition coefficient (Wildman–Crippen LogP) is 3.66. The minimum absolute atomic E-state index is 0.0991. The van der Waals surface area contributed by atoms with Gasteiger partial charge < -0.3 is 19.1 Å². The largest absolute Gasteiger partial charge is 0.456 e. The third kappa shape index (κ3) is 4.65. The average Bonchev–Trinajstić information content (AvgIpc) is 3.38. The van der Waals surface area contributed by atoms with Crippen LogP contribution in [0.4, 0.5) is 19.0 Å². The number of aryl methyl sites for hydroxylation is 1. The van der Waals surface area contributed by atoms with Crippen LogP contribution >= 0.6 is 11.3 Å². The highest BCUT2D eigenvalue weighted by Gasteiger charge is 2.40. The molecule has 1 saturated heterocycles. The summed E-state index contributed by atoms with van der Waals surface area (Å²) >= 11 is 1.57. The molecule has 1 fully saturated rings. The summed E-state index contributed by atoms with van der Waals surface area (Å²) in [5.74, 6) is -0.00463. The van der Waals surface area contributed by atoms with Crippen LogP contribution in [0.2, 0.25) is 0 Å². The second kappa shape index (κ2) is 9.25. The fraction of sp³-hybridized carbons (Fsp3) is 0.591. The second-order valence-electron chi connectivity index (χ2n) is 8.81. The van der Waals surface area contributed by atoms with Crippen molar-refractivity contribution in [3.63, 3.8) is 0 Å². The molecule has 1 amide bonds. The van der Waals surface area contributed by atoms with Crippen molar-refractivity contribution < 1.29 is 22.7 Å². The van der Waals surface area contributed by atoms with E-state index >= 15 is 0 Å². The van der Waals surface area contributed by atoms with E-state index < -0.39 is 12.0 Å². The van der Waals surface area contributed by atoms with Crippen LogP contribution in [-0.4, -0.2) is 61.3 Å². The van der Waals surface area contributed by atoms with Gasteiger partial charge in [0.15, 0.2) is 5.82 Å². The number of thiophene rings is 1. The highest BCUT2D eigenvalue weighted by molar-refractivity contribution is 7.18. The maximum absolute atomic E-state index is 13.2. The van der Waals surface area contributed by atoms with Crippen molar-refractivity contribution in [2.45, 2.75) is 64.9 Å². The van der Waals surface area contributed by atoms with E-state index in [2.05, 4.69) is 33.2 Å². The number of carbonyl (C=O) groups is 1. The minimum atomic E-state index is -4.55. The molecule has 0 N–H and O–H groups in total. The van der Waals surface area contributed by atoms with Crippen LogP contribution in [0.25, 0.3) is 10.2 Å². The Morgan fingerprint density at radius 3 is 2.69 bits per heavy atom. The number of likely N-dealkylation sites (tertiary alicyclic amines) is 1. The molecule has 0 aliphatic carbocycles. The van der Waals surface area contributed by atoms with E-state index in [4.69, 9.17) is 4.74 Å². The summed E-state index contributed by atoms with van der Waals surface area (Å²) in [7, 11) is 0. The first-order valence-electron chi connectivity index (χ1n) is 11.8. The highest BCUT2D eigenvalue weighted by Crippen LogP contribution is 2.36. The summed E-state index contributed by atoms with van der Waals surface area (Å²) < 4.78 is 46.9. The molecule has 0 radical (unpaired) electrons. The smallest absolute Gasteiger partial charge is 0.451 e. The third-order valence-corrected chi connectivity index (χ3v) is 7.23. The molecule has 0 atom stereocenters. The number of fused-ring (bicyclic) bond motifs is 2. The van der Waals surface area contributed by atoms with Gasteiger partial charge in [-0.25, -0.2) is 0 Å². The lowest BCUT2D eigenvalue weighted by atomic mass is 10.1. The van der Waals surface area contributed by atoms with E-state index in [0.717, 1.165) is 38.9 Å². The van der Waals surface area contributed by atoms with Crippen molar-refractivity contribution in [1.82, 2.24) is 29.6 Å². The van der Waals surface area contributed by atoms with Gasteiger partial charge in [0.25, 0.3) is 0 Å². The van der Waals surface area contributed by atoms with Crippen molar-refractivity contribution in [3.8, 4) is 6.01 Å². The molecule has 13 heteroatoms. The standard InChI is InChI=1S/C22H26F3N7O2S/c1-3-5-14-9-15-18(30-7-8-32-16(12-30)28-29-20(32)22(23,24)25)26-21(27-19(15)35-14)34-13-10-31(11-13)17(33)6-4-2/h9,13H,3-8,10-12H2,1-2H3. The van der Waals surface area contributed by atoms with Gasteiger partial charge in [-0.2, -0.15) is 23.1 Å². The van der Waals surface area contributed by atoms with Crippen LogP contribution in [0.15, 0.2) is 6.07 Å². The number of aromatic nitrogens is 5. The summed E-state index contributed by atoms with van der Waals surface area (Å²) in [6.07, 6.45) is -1.53. The number of alkyl halides is 3. The zero-order valence-electron chi connectivity index (χ0n) is 19.5. The number of ether oxygens (including phenoxy) is 1. The molecule has 0 unspecified atom stereocenters. The van der Waals surface area contributed by atoms with E-state index in [1.165, 1.54) is 0 Å². The normalized spacial score (nSPS) is 16.5. The summed E-state index contributed by atoms with van der Waals surface area (Å²) in [6, 6.07) is 2.27. The Kier molecular flexibility index (Phi) is 6.28. The Morgan fingerprint density at radius 2 is 1.97 bits per heavy atom. The number of amides is 1. The molecule has 3 aromatic rings. The van der Waals surface area contributed by atoms with Gasteiger partial charge in [0.05, 0.1) is 25.0 Å². The summed E-state index contributed by atoms with van der Waals surface area (Å²) in [5, 5.41) is 8.01. The topological polar surface area (TPSA) is 89.3 Å². The number of halogens is 3. The molecule has 0 saturated carbocycles. The van der Waals surface area contributed by atoms with Gasteiger partial charge in [-0.05, 0) is 18.9 Å². The summed E-state index contributed by atoms with van der Waals surface area (Å²) in [5.41, 5.74) is 0. The van der Waals surface area contributed by atoms with Crippen LogP contribution in [0, 0.1) is 0 Å². The second-order valence-corrected chi connectivity index (χ2v) is 9.93. The van der Waals surface area contributed by atoms with Crippen molar-refractivity contribution in [1.29, 1.82) is 0 Å². The van der Waals surface area contributed by atoms with Gasteiger partial charge in [0, 0.05) is 24.4 Å². The predicted molar refractivity (Wildman–Crippen MR) is 123 cm³/mol. The lowest BCUT2D eigenvalue weighted by Crippen LogP contribution is -2.56. The van der Waals surface area contributed by atoms with Gasteiger partial charge in [-0.3, -0.25) is 4.79 Å². The third-order valence-electron chi connectivity index (χ3n) is 6.14. The Labute approximate surface area is 203 Å². The number of carbonyl (C=O) groups excluding carboxylic acids is 1. The molecular weight excluding hydrogens is 483 g/mol. The molecule has 2 aliphatic heterocycles. The average molecular weight is 510 g/mol. The van der Waals surface area contributed by atoms with E-state index in [1.807, 2.05) is 11.8 Å². The molecule has 35 heavy (non-hydrogen) atoms. The minimum Gasteiger partial charge on any atom is -0.456 e. The van der Waals surface area contributed by atoms with Crippen molar-refractivity contribution in [3.05, 3.63) is 22.6 Å². The SMILES string of the molecule is CCCC(=O)N1CC(Oc2nc(N3CCn4c(nnc4C(F)(F)F)C3)c3cc(CCC)sc3n2)C1. The van der Waals surface area contributed by atoms with Crippen LogP contribution in [0.3, 0.4) is 0 Å². The number of nitrogens with zero attached hydrogens (tertiary/aromatic N) is 7. The summed E-state index contributed by atoms with van der Waals surface area (Å²) in [6.45, 7) is 5.63. The molecule has 0 aromatic carbocycles. The van der Waals surface area contributed by atoms with Gasteiger partial charge >= 0.3 is 12.2 Å². The first-order chi connectivity index (χ1) is 16.8. The Balaban J connectivity index is 1.41. The Morgan fingerprint density at radius 1 is 1.17 bits per heavy atom. The molecule has 0 bridgehead atoms. The van der Waals surface area contributed by atoms with E-state index in [-0.39, 0.29) is 36.9 Å². The van der Waals surface area contributed by atoms with E-state index in [0.29, 0.717) is 31.9 Å². The molecule has 188 valence electrons. The lowest BCUT2D eigenvalue weighted by molar-refractivity contribution is -0.147. The molecule has 0 spiro atoms. The number of anilines is 1. The van der Waals surface area contributed by atoms with E-state index in [9.17, 15) is 18.0 Å². The quantitative estimate of drug-likeness (QED) is 0.480. The number of hydrogen-bond donors (Lipinski definition) is 0. The zero-order valence-corrected chi connectivity index (χ0v) is 20.3. The fourth-order valence-corrected chi connectivity index (χ4v) is 5.50. The molecule has 3 aromatic heterocycles.